The highest BCUT2D eigenvalue weighted by molar-refractivity contribution is 5.84. The average molecular weight is 295 g/mol. The molecule has 0 aromatic carbocycles. The molecule has 124 valence electrons. The normalized spacial score (nSPS) is 17.3. The van der Waals surface area contributed by atoms with E-state index in [0.29, 0.717) is 0 Å². The lowest BCUT2D eigenvalue weighted by atomic mass is 9.88. The molecule has 0 fully saturated rings. The fourth-order valence-corrected chi connectivity index (χ4v) is 3.34. The molecule has 0 atom stereocenters. The molecule has 1 aliphatic heterocycles. The molecule has 0 spiro atoms. The molecule has 0 saturated carbocycles. The molecule has 2 heteroatoms. The maximum atomic E-state index is 5.31. The van der Waals surface area contributed by atoms with Gasteiger partial charge in [-0.15, -0.1) is 0 Å². The Morgan fingerprint density at radius 1 is 0.857 bits per heavy atom. The van der Waals surface area contributed by atoms with Gasteiger partial charge in [-0.3, -0.25) is 4.99 Å². The van der Waals surface area contributed by atoms with E-state index in [1.165, 1.54) is 89.6 Å². The second-order valence-corrected chi connectivity index (χ2v) is 6.84. The van der Waals surface area contributed by atoms with E-state index in [9.17, 15) is 0 Å². The summed E-state index contributed by atoms with van der Waals surface area (Å²) in [6.45, 7) is 11.6. The molecule has 21 heavy (non-hydrogen) atoms. The van der Waals surface area contributed by atoms with Crippen LogP contribution in [-0.2, 0) is 0 Å². The topological polar surface area (TPSA) is 15.6 Å². The van der Waals surface area contributed by atoms with Crippen LogP contribution in [0.4, 0.5) is 0 Å². The SMILES string of the molecule is CCCCC1=NC(CCCC)(CCCC)CN1CCCC. The van der Waals surface area contributed by atoms with Crippen LogP contribution in [0.15, 0.2) is 4.99 Å². The van der Waals surface area contributed by atoms with Crippen LogP contribution in [0.25, 0.3) is 0 Å². The van der Waals surface area contributed by atoms with Crippen LogP contribution in [-0.4, -0.2) is 29.4 Å². The third kappa shape index (κ3) is 6.00. The molecule has 0 unspecified atom stereocenters. The number of amidine groups is 1. The van der Waals surface area contributed by atoms with Crippen LogP contribution < -0.4 is 0 Å². The Kier molecular flexibility index (Phi) is 9.03. The lowest BCUT2D eigenvalue weighted by Crippen LogP contribution is -2.36. The molecule has 0 aromatic rings. The van der Waals surface area contributed by atoms with Gasteiger partial charge in [0.1, 0.15) is 0 Å². The van der Waals surface area contributed by atoms with Crippen molar-refractivity contribution in [3.05, 3.63) is 0 Å². The maximum absolute atomic E-state index is 5.31. The van der Waals surface area contributed by atoms with Crippen LogP contribution in [0, 0.1) is 0 Å². The monoisotopic (exact) mass is 294 g/mol. The second kappa shape index (κ2) is 10.2. The second-order valence-electron chi connectivity index (χ2n) is 6.84. The Hall–Kier alpha value is -0.530. The molecule has 0 bridgehead atoms. The quantitative estimate of drug-likeness (QED) is 0.443. The van der Waals surface area contributed by atoms with Crippen LogP contribution in [0.1, 0.15) is 98.3 Å². The lowest BCUT2D eigenvalue weighted by Gasteiger charge is -2.28. The van der Waals surface area contributed by atoms with Crippen molar-refractivity contribution in [3.63, 3.8) is 0 Å². The Morgan fingerprint density at radius 3 is 1.95 bits per heavy atom. The van der Waals surface area contributed by atoms with Crippen molar-refractivity contribution in [2.75, 3.05) is 13.1 Å². The molecule has 0 aliphatic carbocycles. The van der Waals surface area contributed by atoms with E-state index >= 15 is 0 Å². The molecule has 1 rings (SSSR count). The summed E-state index contributed by atoms with van der Waals surface area (Å²) in [6, 6.07) is 0. The molecule has 0 amide bonds. The van der Waals surface area contributed by atoms with E-state index in [-0.39, 0.29) is 5.54 Å². The highest BCUT2D eigenvalue weighted by atomic mass is 15.3. The fourth-order valence-electron chi connectivity index (χ4n) is 3.34. The Balaban J connectivity index is 2.77. The van der Waals surface area contributed by atoms with Crippen LogP contribution in [0.2, 0.25) is 0 Å². The van der Waals surface area contributed by atoms with E-state index in [1.807, 2.05) is 0 Å². The van der Waals surface area contributed by atoms with Gasteiger partial charge < -0.3 is 4.90 Å². The summed E-state index contributed by atoms with van der Waals surface area (Å²) in [7, 11) is 0. The van der Waals surface area contributed by atoms with E-state index in [1.54, 1.807) is 0 Å². The highest BCUT2D eigenvalue weighted by Gasteiger charge is 2.37. The first-order valence-electron chi connectivity index (χ1n) is 9.55. The smallest absolute Gasteiger partial charge is 0.0997 e. The molecular weight excluding hydrogens is 256 g/mol. The van der Waals surface area contributed by atoms with Gasteiger partial charge in [0.05, 0.1) is 11.4 Å². The van der Waals surface area contributed by atoms with E-state index in [0.717, 1.165) is 0 Å². The number of hydrogen-bond donors (Lipinski definition) is 0. The number of rotatable bonds is 12. The first-order valence-corrected chi connectivity index (χ1v) is 9.55. The summed E-state index contributed by atoms with van der Waals surface area (Å²) >= 11 is 0. The summed E-state index contributed by atoms with van der Waals surface area (Å²) in [5, 5.41) is 0. The van der Waals surface area contributed by atoms with Crippen LogP contribution in [0.3, 0.4) is 0 Å². The first kappa shape index (κ1) is 18.5. The van der Waals surface area contributed by atoms with Gasteiger partial charge in [-0.1, -0.05) is 66.2 Å². The summed E-state index contributed by atoms with van der Waals surface area (Å²) in [6.07, 6.45) is 14.2. The minimum atomic E-state index is 0.253. The molecule has 0 radical (unpaired) electrons. The van der Waals surface area contributed by atoms with Gasteiger partial charge in [0.15, 0.2) is 0 Å². The molecule has 2 nitrogen and oxygen atoms in total. The number of hydrogen-bond acceptors (Lipinski definition) is 2. The van der Waals surface area contributed by atoms with Gasteiger partial charge in [-0.25, -0.2) is 0 Å². The van der Waals surface area contributed by atoms with Crippen molar-refractivity contribution in [2.45, 2.75) is 104 Å². The minimum absolute atomic E-state index is 0.253. The molecule has 0 N–H and O–H groups in total. The Labute approximate surface area is 133 Å². The summed E-state index contributed by atoms with van der Waals surface area (Å²) in [5.74, 6) is 1.43. The number of nitrogens with zero attached hydrogens (tertiary/aromatic N) is 2. The summed E-state index contributed by atoms with van der Waals surface area (Å²) < 4.78 is 0. The fraction of sp³-hybridized carbons (Fsp3) is 0.947. The zero-order valence-electron chi connectivity index (χ0n) is 15.1. The zero-order valence-corrected chi connectivity index (χ0v) is 15.1. The van der Waals surface area contributed by atoms with Crippen molar-refractivity contribution in [1.82, 2.24) is 4.90 Å². The Bertz CT molecular complexity index is 288. The Morgan fingerprint density at radius 2 is 1.43 bits per heavy atom. The third-order valence-corrected chi connectivity index (χ3v) is 4.74. The van der Waals surface area contributed by atoms with Crippen molar-refractivity contribution in [2.24, 2.45) is 4.99 Å². The molecule has 0 saturated heterocycles. The number of unbranched alkanes of at least 4 members (excludes halogenated alkanes) is 4. The standard InChI is InChI=1S/C19H38N2/c1-5-9-13-18-20-19(14-10-6-2,15-11-7-3)17-21(18)16-12-8-4/h5-17H2,1-4H3. The maximum Gasteiger partial charge on any atom is 0.0997 e. The van der Waals surface area contributed by atoms with E-state index in [2.05, 4.69) is 32.6 Å². The minimum Gasteiger partial charge on any atom is -0.358 e. The van der Waals surface area contributed by atoms with Gasteiger partial charge >= 0.3 is 0 Å². The predicted molar refractivity (Wildman–Crippen MR) is 95.2 cm³/mol. The summed E-state index contributed by atoms with van der Waals surface area (Å²) in [5.41, 5.74) is 0.253. The number of aliphatic imine (C=N–C) groups is 1. The van der Waals surface area contributed by atoms with Gasteiger partial charge in [-0.05, 0) is 25.7 Å². The van der Waals surface area contributed by atoms with Crippen molar-refractivity contribution in [1.29, 1.82) is 0 Å². The van der Waals surface area contributed by atoms with Gasteiger partial charge in [0.2, 0.25) is 0 Å². The third-order valence-electron chi connectivity index (χ3n) is 4.74. The van der Waals surface area contributed by atoms with E-state index in [4.69, 9.17) is 4.99 Å². The van der Waals surface area contributed by atoms with Gasteiger partial charge in [0, 0.05) is 19.5 Å². The van der Waals surface area contributed by atoms with Crippen molar-refractivity contribution < 1.29 is 0 Å². The zero-order chi connectivity index (χ0) is 15.6. The lowest BCUT2D eigenvalue weighted by molar-refractivity contribution is 0.290. The highest BCUT2D eigenvalue weighted by Crippen LogP contribution is 2.33. The predicted octanol–water partition coefficient (Wildman–Crippen LogP) is 5.81. The molecule has 0 aromatic heterocycles. The van der Waals surface area contributed by atoms with E-state index < -0.39 is 0 Å². The van der Waals surface area contributed by atoms with Gasteiger partial charge in [0.25, 0.3) is 0 Å². The van der Waals surface area contributed by atoms with Gasteiger partial charge in [-0.2, -0.15) is 0 Å². The van der Waals surface area contributed by atoms with Crippen LogP contribution in [0.5, 0.6) is 0 Å². The first-order chi connectivity index (χ1) is 10.2. The molecular formula is C19H38N2. The molecule has 1 heterocycles. The largest absolute Gasteiger partial charge is 0.358 e. The average Bonchev–Trinajstić information content (AvgIpc) is 2.85. The van der Waals surface area contributed by atoms with Crippen molar-refractivity contribution >= 4 is 5.84 Å². The van der Waals surface area contributed by atoms with Crippen molar-refractivity contribution in [3.8, 4) is 0 Å². The summed E-state index contributed by atoms with van der Waals surface area (Å²) in [4.78, 5) is 7.94. The van der Waals surface area contributed by atoms with Crippen LogP contribution >= 0.6 is 0 Å². The molecule has 1 aliphatic rings.